The molecule has 3 rings (SSSR count). The molecule has 0 bridgehead atoms. The number of para-hydroxylation sites is 1. The van der Waals surface area contributed by atoms with Crippen LogP contribution in [0.2, 0.25) is 0 Å². The lowest BCUT2D eigenvalue weighted by atomic mass is 9.78. The number of anilines is 1. The fraction of sp³-hybridized carbons (Fsp3) is 0.158. The summed E-state index contributed by atoms with van der Waals surface area (Å²) in [6.07, 6.45) is 6.31. The molecule has 0 saturated heterocycles. The largest absolute Gasteiger partial charge is 0.377 e. The van der Waals surface area contributed by atoms with E-state index in [1.54, 1.807) is 0 Å². The molecule has 21 heavy (non-hydrogen) atoms. The SMILES string of the molecule is CC1(N)C(c2ccccc2)=CC=CC1Nc1ccccc1. The van der Waals surface area contributed by atoms with Crippen molar-refractivity contribution in [3.05, 3.63) is 84.5 Å². The van der Waals surface area contributed by atoms with Crippen LogP contribution < -0.4 is 11.1 Å². The van der Waals surface area contributed by atoms with Crippen LogP contribution in [0.4, 0.5) is 5.69 Å². The molecule has 106 valence electrons. The Morgan fingerprint density at radius 1 is 0.952 bits per heavy atom. The van der Waals surface area contributed by atoms with Gasteiger partial charge in [0.2, 0.25) is 0 Å². The second kappa shape index (κ2) is 5.58. The van der Waals surface area contributed by atoms with Crippen LogP contribution in [0.5, 0.6) is 0 Å². The van der Waals surface area contributed by atoms with Crippen molar-refractivity contribution in [2.45, 2.75) is 18.5 Å². The van der Waals surface area contributed by atoms with Crippen LogP contribution in [0.3, 0.4) is 0 Å². The summed E-state index contributed by atoms with van der Waals surface area (Å²) in [7, 11) is 0. The van der Waals surface area contributed by atoms with E-state index in [2.05, 4.69) is 54.7 Å². The molecule has 0 saturated carbocycles. The highest BCUT2D eigenvalue weighted by Gasteiger charge is 2.34. The van der Waals surface area contributed by atoms with Gasteiger partial charge in [-0.3, -0.25) is 0 Å². The van der Waals surface area contributed by atoms with Gasteiger partial charge >= 0.3 is 0 Å². The average molecular weight is 276 g/mol. The minimum absolute atomic E-state index is 0.0557. The van der Waals surface area contributed by atoms with Crippen molar-refractivity contribution < 1.29 is 0 Å². The van der Waals surface area contributed by atoms with Crippen LogP contribution in [-0.4, -0.2) is 11.6 Å². The minimum atomic E-state index is -0.466. The Balaban J connectivity index is 1.89. The summed E-state index contributed by atoms with van der Waals surface area (Å²) in [6, 6.07) is 20.6. The Morgan fingerprint density at radius 3 is 2.24 bits per heavy atom. The topological polar surface area (TPSA) is 38.0 Å². The van der Waals surface area contributed by atoms with Gasteiger partial charge in [0.25, 0.3) is 0 Å². The number of nitrogens with one attached hydrogen (secondary N) is 1. The Hall–Kier alpha value is -2.32. The molecule has 2 nitrogen and oxygen atoms in total. The van der Waals surface area contributed by atoms with Crippen LogP contribution in [-0.2, 0) is 0 Å². The first-order valence-electron chi connectivity index (χ1n) is 7.23. The molecule has 0 amide bonds. The fourth-order valence-electron chi connectivity index (χ4n) is 2.75. The van der Waals surface area contributed by atoms with Crippen LogP contribution in [0.15, 0.2) is 78.9 Å². The molecule has 0 aliphatic heterocycles. The molecular weight excluding hydrogens is 256 g/mol. The second-order valence-corrected chi connectivity index (χ2v) is 5.60. The van der Waals surface area contributed by atoms with Crippen molar-refractivity contribution in [2.75, 3.05) is 5.32 Å². The lowest BCUT2D eigenvalue weighted by molar-refractivity contribution is 0.557. The Labute approximate surface area is 126 Å². The number of hydrogen-bond acceptors (Lipinski definition) is 2. The van der Waals surface area contributed by atoms with Crippen molar-refractivity contribution in [1.29, 1.82) is 0 Å². The summed E-state index contributed by atoms with van der Waals surface area (Å²) in [4.78, 5) is 0. The van der Waals surface area contributed by atoms with Crippen LogP contribution in [0.25, 0.3) is 5.57 Å². The van der Waals surface area contributed by atoms with E-state index >= 15 is 0 Å². The number of allylic oxidation sites excluding steroid dienone is 2. The molecule has 2 aromatic rings. The first-order chi connectivity index (χ1) is 10.2. The van der Waals surface area contributed by atoms with E-state index in [0.717, 1.165) is 11.3 Å². The van der Waals surface area contributed by atoms with E-state index < -0.39 is 5.54 Å². The average Bonchev–Trinajstić information content (AvgIpc) is 2.51. The predicted molar refractivity (Wildman–Crippen MR) is 90.0 cm³/mol. The molecule has 1 aliphatic rings. The summed E-state index contributed by atoms with van der Waals surface area (Å²) in [5.41, 5.74) is 9.60. The number of hydrogen-bond donors (Lipinski definition) is 2. The predicted octanol–water partition coefficient (Wildman–Crippen LogP) is 3.84. The van der Waals surface area contributed by atoms with Gasteiger partial charge in [-0.25, -0.2) is 0 Å². The summed E-state index contributed by atoms with van der Waals surface area (Å²) in [5.74, 6) is 0. The molecule has 2 heteroatoms. The second-order valence-electron chi connectivity index (χ2n) is 5.60. The molecule has 0 spiro atoms. The van der Waals surface area contributed by atoms with E-state index in [9.17, 15) is 0 Å². The van der Waals surface area contributed by atoms with Crippen LogP contribution >= 0.6 is 0 Å². The zero-order valence-corrected chi connectivity index (χ0v) is 12.2. The molecule has 0 radical (unpaired) electrons. The molecule has 2 unspecified atom stereocenters. The minimum Gasteiger partial charge on any atom is -0.377 e. The maximum Gasteiger partial charge on any atom is 0.0666 e. The zero-order chi connectivity index (χ0) is 14.7. The first-order valence-corrected chi connectivity index (χ1v) is 7.23. The summed E-state index contributed by atoms with van der Waals surface area (Å²) in [6.45, 7) is 2.08. The van der Waals surface area contributed by atoms with E-state index in [-0.39, 0.29) is 6.04 Å². The van der Waals surface area contributed by atoms with Crippen molar-refractivity contribution in [3.63, 3.8) is 0 Å². The first kappa shape index (κ1) is 13.7. The molecule has 2 atom stereocenters. The van der Waals surface area contributed by atoms with E-state index in [1.165, 1.54) is 5.56 Å². The van der Waals surface area contributed by atoms with Gasteiger partial charge in [0, 0.05) is 5.69 Å². The third-order valence-electron chi connectivity index (χ3n) is 3.97. The van der Waals surface area contributed by atoms with Gasteiger partial charge in [-0.05, 0) is 30.2 Å². The van der Waals surface area contributed by atoms with Crippen molar-refractivity contribution in [1.82, 2.24) is 0 Å². The summed E-state index contributed by atoms with van der Waals surface area (Å²) < 4.78 is 0. The van der Waals surface area contributed by atoms with Gasteiger partial charge < -0.3 is 11.1 Å². The maximum atomic E-state index is 6.66. The highest BCUT2D eigenvalue weighted by molar-refractivity contribution is 5.77. The van der Waals surface area contributed by atoms with Gasteiger partial charge in [0.15, 0.2) is 0 Å². The molecule has 2 aromatic carbocycles. The number of benzene rings is 2. The standard InChI is InChI=1S/C19H20N2/c1-19(20)17(15-9-4-2-5-10-15)13-8-14-18(19)21-16-11-6-3-7-12-16/h2-14,18,21H,20H2,1H3. The van der Waals surface area contributed by atoms with Gasteiger partial charge in [-0.2, -0.15) is 0 Å². The van der Waals surface area contributed by atoms with E-state index in [0.29, 0.717) is 0 Å². The fourth-order valence-corrected chi connectivity index (χ4v) is 2.75. The molecule has 1 aliphatic carbocycles. The molecule has 0 fully saturated rings. The monoisotopic (exact) mass is 276 g/mol. The molecule has 0 aromatic heterocycles. The van der Waals surface area contributed by atoms with Gasteiger partial charge in [0.05, 0.1) is 11.6 Å². The Bertz CT molecular complexity index is 654. The third kappa shape index (κ3) is 2.76. The quantitative estimate of drug-likeness (QED) is 0.894. The summed E-state index contributed by atoms with van der Waals surface area (Å²) >= 11 is 0. The summed E-state index contributed by atoms with van der Waals surface area (Å²) in [5, 5.41) is 3.52. The lowest BCUT2D eigenvalue weighted by Crippen LogP contribution is -2.52. The van der Waals surface area contributed by atoms with Crippen LogP contribution in [0, 0.1) is 0 Å². The molecule has 3 N–H and O–H groups in total. The number of rotatable bonds is 3. The van der Waals surface area contributed by atoms with Crippen molar-refractivity contribution in [3.8, 4) is 0 Å². The Kier molecular flexibility index (Phi) is 3.63. The van der Waals surface area contributed by atoms with Crippen LogP contribution in [0.1, 0.15) is 12.5 Å². The van der Waals surface area contributed by atoms with E-state index in [4.69, 9.17) is 5.73 Å². The molecule has 0 heterocycles. The van der Waals surface area contributed by atoms with Gasteiger partial charge in [-0.1, -0.05) is 66.8 Å². The molecular formula is C19H20N2. The van der Waals surface area contributed by atoms with Crippen molar-refractivity contribution in [2.24, 2.45) is 5.73 Å². The van der Waals surface area contributed by atoms with Gasteiger partial charge in [0.1, 0.15) is 0 Å². The smallest absolute Gasteiger partial charge is 0.0666 e. The zero-order valence-electron chi connectivity index (χ0n) is 12.2. The van der Waals surface area contributed by atoms with E-state index in [1.807, 2.05) is 36.4 Å². The highest BCUT2D eigenvalue weighted by atomic mass is 15.0. The highest BCUT2D eigenvalue weighted by Crippen LogP contribution is 2.32. The Morgan fingerprint density at radius 2 is 1.57 bits per heavy atom. The lowest BCUT2D eigenvalue weighted by Gasteiger charge is -2.38. The number of nitrogens with two attached hydrogens (primary N) is 1. The third-order valence-corrected chi connectivity index (χ3v) is 3.97. The normalized spacial score (nSPS) is 24.5. The maximum absolute atomic E-state index is 6.66. The van der Waals surface area contributed by atoms with Gasteiger partial charge in [-0.15, -0.1) is 0 Å². The van der Waals surface area contributed by atoms with Crippen molar-refractivity contribution >= 4 is 11.3 Å².